The molecule has 1 aromatic rings. The maximum Gasteiger partial charge on any atom is 0.303 e. The summed E-state index contributed by atoms with van der Waals surface area (Å²) >= 11 is 0. The molecule has 0 radical (unpaired) electrons. The molecule has 7 heteroatoms. The van der Waals surface area contributed by atoms with Gasteiger partial charge >= 0.3 is 5.97 Å². The van der Waals surface area contributed by atoms with Gasteiger partial charge in [0.05, 0.1) is 6.42 Å². The molecule has 1 aliphatic heterocycles. The van der Waals surface area contributed by atoms with Crippen LogP contribution in [0.3, 0.4) is 0 Å². The molecule has 1 heterocycles. The number of carboxylic acid groups (broad SMARTS) is 1. The molecule has 0 bridgehead atoms. The van der Waals surface area contributed by atoms with E-state index in [4.69, 9.17) is 9.84 Å². The monoisotopic (exact) mass is 306 g/mol. The van der Waals surface area contributed by atoms with Crippen LogP contribution in [0.25, 0.3) is 0 Å². The summed E-state index contributed by atoms with van der Waals surface area (Å²) in [6.07, 6.45) is 0.352. The van der Waals surface area contributed by atoms with Gasteiger partial charge in [-0.3, -0.25) is 14.4 Å². The molecule has 0 fully saturated rings. The fraction of sp³-hybridized carbons (Fsp3) is 0.400. The van der Waals surface area contributed by atoms with Crippen LogP contribution in [0.4, 0.5) is 11.4 Å². The molecule has 22 heavy (non-hydrogen) atoms. The van der Waals surface area contributed by atoms with Crippen LogP contribution in [-0.4, -0.2) is 43.2 Å². The van der Waals surface area contributed by atoms with Gasteiger partial charge in [0.1, 0.15) is 6.61 Å². The van der Waals surface area contributed by atoms with Crippen LogP contribution in [0.15, 0.2) is 18.2 Å². The number of carbonyl (C=O) groups is 3. The normalized spacial score (nSPS) is 12.9. The molecule has 0 saturated carbocycles. The summed E-state index contributed by atoms with van der Waals surface area (Å²) in [6.45, 7) is 0.550. The highest BCUT2D eigenvalue weighted by atomic mass is 16.5. The third-order valence-corrected chi connectivity index (χ3v) is 3.44. The number of hydrogen-bond donors (Lipinski definition) is 2. The Balaban J connectivity index is 2.11. The highest BCUT2D eigenvalue weighted by Gasteiger charge is 2.26. The molecule has 7 nitrogen and oxygen atoms in total. The summed E-state index contributed by atoms with van der Waals surface area (Å²) < 4.78 is 4.86. The highest BCUT2D eigenvalue weighted by molar-refractivity contribution is 5.99. The number of fused-ring (bicyclic) bond motifs is 1. The molecule has 118 valence electrons. The SMILES string of the molecule is COCC(=O)N1CCc2c(NC(=O)CCC(=O)O)cccc21. The molecule has 1 aliphatic rings. The van der Waals surface area contributed by atoms with Gasteiger partial charge in [0.15, 0.2) is 0 Å². The molecule has 0 unspecified atom stereocenters. The number of anilines is 2. The van der Waals surface area contributed by atoms with Crippen LogP contribution in [-0.2, 0) is 25.5 Å². The van der Waals surface area contributed by atoms with Crippen molar-refractivity contribution < 1.29 is 24.2 Å². The molecule has 2 N–H and O–H groups in total. The van der Waals surface area contributed by atoms with Gasteiger partial charge in [0.25, 0.3) is 5.91 Å². The second-order valence-electron chi connectivity index (χ2n) is 4.97. The molecule has 0 saturated heterocycles. The number of aliphatic carboxylic acids is 1. The number of amides is 2. The average Bonchev–Trinajstić information content (AvgIpc) is 2.90. The average molecular weight is 306 g/mol. The van der Waals surface area contributed by atoms with E-state index in [1.807, 2.05) is 6.07 Å². The minimum Gasteiger partial charge on any atom is -0.481 e. The van der Waals surface area contributed by atoms with E-state index in [0.717, 1.165) is 11.3 Å². The Bertz CT molecular complexity index is 600. The van der Waals surface area contributed by atoms with Crippen LogP contribution in [0.5, 0.6) is 0 Å². The van der Waals surface area contributed by atoms with Crippen LogP contribution in [0.2, 0.25) is 0 Å². The van der Waals surface area contributed by atoms with Crippen LogP contribution in [0.1, 0.15) is 18.4 Å². The molecule has 2 rings (SSSR count). The summed E-state index contributed by atoms with van der Waals surface area (Å²) in [5, 5.41) is 11.3. The van der Waals surface area contributed by atoms with Crippen molar-refractivity contribution in [2.75, 3.05) is 30.5 Å². The highest BCUT2D eigenvalue weighted by Crippen LogP contribution is 2.33. The lowest BCUT2D eigenvalue weighted by molar-refractivity contribution is -0.138. The van der Waals surface area contributed by atoms with E-state index in [1.165, 1.54) is 7.11 Å². The third kappa shape index (κ3) is 3.62. The number of hydrogen-bond acceptors (Lipinski definition) is 4. The number of rotatable bonds is 6. The molecule has 0 atom stereocenters. The third-order valence-electron chi connectivity index (χ3n) is 3.44. The fourth-order valence-corrected chi connectivity index (χ4v) is 2.45. The van der Waals surface area contributed by atoms with Crippen LogP contribution in [0, 0.1) is 0 Å². The minimum atomic E-state index is -1.01. The number of carboxylic acids is 1. The maximum atomic E-state index is 12.0. The summed E-state index contributed by atoms with van der Waals surface area (Å²) in [6, 6.07) is 5.33. The number of nitrogens with one attached hydrogen (secondary N) is 1. The fourth-order valence-electron chi connectivity index (χ4n) is 2.45. The van der Waals surface area contributed by atoms with Crippen molar-refractivity contribution >= 4 is 29.2 Å². The Hall–Kier alpha value is -2.41. The molecule has 0 spiro atoms. The van der Waals surface area contributed by atoms with Gasteiger partial charge < -0.3 is 20.1 Å². The number of carbonyl (C=O) groups excluding carboxylic acids is 2. The van der Waals surface area contributed by atoms with Gasteiger partial charge in [0, 0.05) is 37.0 Å². The molecular formula is C15H18N2O5. The van der Waals surface area contributed by atoms with E-state index in [1.54, 1.807) is 17.0 Å². The first kappa shape index (κ1) is 16.0. The van der Waals surface area contributed by atoms with Crippen molar-refractivity contribution in [3.63, 3.8) is 0 Å². The minimum absolute atomic E-state index is 0.00857. The Kier molecular flexibility index (Phi) is 5.11. The summed E-state index contributed by atoms with van der Waals surface area (Å²) in [5.41, 5.74) is 2.27. The van der Waals surface area contributed by atoms with Crippen molar-refractivity contribution in [3.8, 4) is 0 Å². The standard InChI is InChI=1S/C15H18N2O5/c1-22-9-14(19)17-8-7-10-11(3-2-4-12(10)17)16-13(18)5-6-15(20)21/h2-4H,5-9H2,1H3,(H,16,18)(H,20,21). The topological polar surface area (TPSA) is 95.9 Å². The first-order chi connectivity index (χ1) is 10.5. The molecule has 0 aliphatic carbocycles. The molecule has 1 aromatic carbocycles. The van der Waals surface area contributed by atoms with Gasteiger partial charge in [-0.25, -0.2) is 0 Å². The Labute approximate surface area is 127 Å². The number of ether oxygens (including phenoxy) is 1. The van der Waals surface area contributed by atoms with Gasteiger partial charge in [-0.05, 0) is 18.6 Å². The van der Waals surface area contributed by atoms with Crippen LogP contribution < -0.4 is 10.2 Å². The van der Waals surface area contributed by atoms with E-state index in [-0.39, 0.29) is 31.3 Å². The number of methoxy groups -OCH3 is 1. The van der Waals surface area contributed by atoms with E-state index in [0.29, 0.717) is 18.7 Å². The van der Waals surface area contributed by atoms with E-state index in [9.17, 15) is 14.4 Å². The quantitative estimate of drug-likeness (QED) is 0.818. The lowest BCUT2D eigenvalue weighted by Gasteiger charge is -2.17. The van der Waals surface area contributed by atoms with Gasteiger partial charge in [-0.15, -0.1) is 0 Å². The lowest BCUT2D eigenvalue weighted by atomic mass is 10.1. The zero-order valence-corrected chi connectivity index (χ0v) is 12.3. The molecule has 0 aromatic heterocycles. The van der Waals surface area contributed by atoms with Gasteiger partial charge in [-0.2, -0.15) is 0 Å². The number of benzene rings is 1. The zero-order chi connectivity index (χ0) is 16.1. The van der Waals surface area contributed by atoms with Crippen molar-refractivity contribution in [1.82, 2.24) is 0 Å². The second kappa shape index (κ2) is 7.04. The largest absolute Gasteiger partial charge is 0.481 e. The number of nitrogens with zero attached hydrogens (tertiary/aromatic N) is 1. The summed E-state index contributed by atoms with van der Waals surface area (Å²) in [7, 11) is 1.47. The Morgan fingerprint density at radius 2 is 2.09 bits per heavy atom. The first-order valence-electron chi connectivity index (χ1n) is 6.95. The maximum absolute atomic E-state index is 12.0. The Morgan fingerprint density at radius 3 is 2.77 bits per heavy atom. The summed E-state index contributed by atoms with van der Waals surface area (Å²) in [4.78, 5) is 35.8. The van der Waals surface area contributed by atoms with E-state index < -0.39 is 5.97 Å². The zero-order valence-electron chi connectivity index (χ0n) is 12.3. The molecule has 2 amide bonds. The van der Waals surface area contributed by atoms with Gasteiger partial charge in [-0.1, -0.05) is 6.07 Å². The van der Waals surface area contributed by atoms with Crippen molar-refractivity contribution in [2.45, 2.75) is 19.3 Å². The lowest BCUT2D eigenvalue weighted by Crippen LogP contribution is -2.31. The van der Waals surface area contributed by atoms with E-state index in [2.05, 4.69) is 5.32 Å². The van der Waals surface area contributed by atoms with E-state index >= 15 is 0 Å². The van der Waals surface area contributed by atoms with Crippen molar-refractivity contribution in [3.05, 3.63) is 23.8 Å². The Morgan fingerprint density at radius 1 is 1.32 bits per heavy atom. The van der Waals surface area contributed by atoms with Gasteiger partial charge in [0.2, 0.25) is 5.91 Å². The second-order valence-corrected chi connectivity index (χ2v) is 4.97. The smallest absolute Gasteiger partial charge is 0.303 e. The van der Waals surface area contributed by atoms with Crippen LogP contribution >= 0.6 is 0 Å². The summed E-state index contributed by atoms with van der Waals surface area (Å²) in [5.74, 6) is -1.49. The predicted molar refractivity (Wildman–Crippen MR) is 79.9 cm³/mol. The molecular weight excluding hydrogens is 288 g/mol. The first-order valence-corrected chi connectivity index (χ1v) is 6.95. The van der Waals surface area contributed by atoms with Crippen molar-refractivity contribution in [2.24, 2.45) is 0 Å². The predicted octanol–water partition coefficient (Wildman–Crippen LogP) is 1.03. The van der Waals surface area contributed by atoms with Crippen molar-refractivity contribution in [1.29, 1.82) is 0 Å².